The number of rotatable bonds is 2. The van der Waals surface area contributed by atoms with Crippen LogP contribution in [0.1, 0.15) is 11.3 Å². The minimum Gasteiger partial charge on any atom is -0.376 e. The lowest BCUT2D eigenvalue weighted by Gasteiger charge is -2.19. The number of aromatic nitrogens is 2. The zero-order valence-electron chi connectivity index (χ0n) is 12.2. The van der Waals surface area contributed by atoms with Gasteiger partial charge in [0.15, 0.2) is 5.82 Å². The molecule has 0 amide bonds. The first-order valence-corrected chi connectivity index (χ1v) is 7.50. The maximum absolute atomic E-state index is 5.62. The fourth-order valence-electron chi connectivity index (χ4n) is 2.78. The highest BCUT2D eigenvalue weighted by Gasteiger charge is 2.19. The lowest BCUT2D eigenvalue weighted by atomic mass is 10.0. The first-order chi connectivity index (χ1) is 10.9. The topological polar surface area (TPSA) is 35.0 Å². The molecule has 3 nitrogen and oxygen atoms in total. The lowest BCUT2D eigenvalue weighted by Crippen LogP contribution is -2.15. The van der Waals surface area contributed by atoms with Gasteiger partial charge in [0.2, 0.25) is 0 Å². The van der Waals surface area contributed by atoms with Crippen molar-refractivity contribution in [1.29, 1.82) is 0 Å². The Hall–Kier alpha value is -2.52. The molecular formula is C19H16N2O. The summed E-state index contributed by atoms with van der Waals surface area (Å²) in [6.45, 7) is 1.32. The van der Waals surface area contributed by atoms with E-state index >= 15 is 0 Å². The summed E-state index contributed by atoms with van der Waals surface area (Å²) in [7, 11) is 0. The van der Waals surface area contributed by atoms with Gasteiger partial charge in [0.1, 0.15) is 0 Å². The van der Waals surface area contributed by atoms with E-state index in [1.807, 2.05) is 36.4 Å². The second kappa shape index (κ2) is 5.70. The minimum atomic E-state index is 0.592. The molecule has 0 bridgehead atoms. The number of nitrogens with zero attached hydrogens (tertiary/aromatic N) is 2. The quantitative estimate of drug-likeness (QED) is 0.717. The van der Waals surface area contributed by atoms with Crippen molar-refractivity contribution < 1.29 is 4.74 Å². The van der Waals surface area contributed by atoms with E-state index in [1.54, 1.807) is 0 Å². The van der Waals surface area contributed by atoms with Crippen molar-refractivity contribution in [3.05, 3.63) is 71.9 Å². The van der Waals surface area contributed by atoms with Crippen molar-refractivity contribution in [2.75, 3.05) is 6.61 Å². The smallest absolute Gasteiger partial charge is 0.160 e. The van der Waals surface area contributed by atoms with E-state index in [4.69, 9.17) is 14.7 Å². The van der Waals surface area contributed by atoms with Crippen LogP contribution in [0.5, 0.6) is 0 Å². The van der Waals surface area contributed by atoms with E-state index in [9.17, 15) is 0 Å². The Bertz CT molecular complexity index is 785. The van der Waals surface area contributed by atoms with Crippen molar-refractivity contribution >= 4 is 0 Å². The average molecular weight is 288 g/mol. The summed E-state index contributed by atoms with van der Waals surface area (Å²) >= 11 is 0. The highest BCUT2D eigenvalue weighted by atomic mass is 16.5. The molecule has 108 valence electrons. The van der Waals surface area contributed by atoms with Gasteiger partial charge in [0, 0.05) is 23.1 Å². The lowest BCUT2D eigenvalue weighted by molar-refractivity contribution is 0.109. The Kier molecular flexibility index (Phi) is 3.41. The summed E-state index contributed by atoms with van der Waals surface area (Å²) in [5, 5.41) is 0. The van der Waals surface area contributed by atoms with Crippen molar-refractivity contribution in [3.63, 3.8) is 0 Å². The molecule has 1 aliphatic rings. The molecule has 0 N–H and O–H groups in total. The molecule has 1 aliphatic heterocycles. The molecule has 0 saturated carbocycles. The molecule has 3 heteroatoms. The zero-order chi connectivity index (χ0) is 14.8. The third-order valence-electron chi connectivity index (χ3n) is 3.90. The highest BCUT2D eigenvalue weighted by molar-refractivity contribution is 5.67. The standard InChI is InChI=1S/C19H16N2O/c1-3-7-14(8-4-1)18-16-13-22-12-11-17(16)20-19(21-18)15-9-5-2-6-10-15/h1-10H,11-13H2. The number of fused-ring (bicyclic) bond motifs is 1. The third-order valence-corrected chi connectivity index (χ3v) is 3.90. The second-order valence-corrected chi connectivity index (χ2v) is 5.36. The van der Waals surface area contributed by atoms with E-state index in [0.717, 1.165) is 46.9 Å². The Morgan fingerprint density at radius 3 is 2.18 bits per heavy atom. The average Bonchev–Trinajstić information content (AvgIpc) is 2.62. The van der Waals surface area contributed by atoms with E-state index in [0.29, 0.717) is 6.61 Å². The van der Waals surface area contributed by atoms with E-state index < -0.39 is 0 Å². The predicted octanol–water partition coefficient (Wildman–Crippen LogP) is 3.88. The summed E-state index contributed by atoms with van der Waals surface area (Å²) in [6, 6.07) is 20.4. The Labute approximate surface area is 129 Å². The third kappa shape index (κ3) is 2.40. The van der Waals surface area contributed by atoms with Crippen LogP contribution in [0, 0.1) is 0 Å². The van der Waals surface area contributed by atoms with Crippen LogP contribution in [-0.4, -0.2) is 16.6 Å². The number of benzene rings is 2. The molecule has 0 aliphatic carbocycles. The van der Waals surface area contributed by atoms with Crippen LogP contribution >= 0.6 is 0 Å². The number of hydrogen-bond donors (Lipinski definition) is 0. The van der Waals surface area contributed by atoms with Gasteiger partial charge >= 0.3 is 0 Å². The first-order valence-electron chi connectivity index (χ1n) is 7.50. The van der Waals surface area contributed by atoms with Crippen LogP contribution in [0.15, 0.2) is 60.7 Å². The largest absolute Gasteiger partial charge is 0.376 e. The summed E-state index contributed by atoms with van der Waals surface area (Å²) in [6.07, 6.45) is 0.845. The van der Waals surface area contributed by atoms with E-state index in [-0.39, 0.29) is 0 Å². The highest BCUT2D eigenvalue weighted by Crippen LogP contribution is 2.29. The summed E-state index contributed by atoms with van der Waals surface area (Å²) in [5.41, 5.74) is 5.39. The molecule has 2 aromatic carbocycles. The summed E-state index contributed by atoms with van der Waals surface area (Å²) in [5.74, 6) is 0.792. The van der Waals surface area contributed by atoms with Gasteiger partial charge in [-0.05, 0) is 0 Å². The zero-order valence-corrected chi connectivity index (χ0v) is 12.2. The predicted molar refractivity (Wildman–Crippen MR) is 86.3 cm³/mol. The normalized spacial score (nSPS) is 13.6. The second-order valence-electron chi connectivity index (χ2n) is 5.36. The molecule has 0 atom stereocenters. The molecule has 22 heavy (non-hydrogen) atoms. The van der Waals surface area contributed by atoms with Crippen LogP contribution in [0.2, 0.25) is 0 Å². The summed E-state index contributed by atoms with van der Waals surface area (Å²) < 4.78 is 5.62. The Morgan fingerprint density at radius 2 is 1.45 bits per heavy atom. The van der Waals surface area contributed by atoms with Gasteiger partial charge in [-0.15, -0.1) is 0 Å². The van der Waals surface area contributed by atoms with Crippen LogP contribution in [0.4, 0.5) is 0 Å². The van der Waals surface area contributed by atoms with Crippen LogP contribution in [0.25, 0.3) is 22.6 Å². The molecule has 0 radical (unpaired) electrons. The molecule has 0 unspecified atom stereocenters. The molecule has 0 spiro atoms. The van der Waals surface area contributed by atoms with Crippen molar-refractivity contribution in [3.8, 4) is 22.6 Å². The van der Waals surface area contributed by atoms with Crippen LogP contribution < -0.4 is 0 Å². The Morgan fingerprint density at radius 1 is 0.773 bits per heavy atom. The molecule has 2 heterocycles. The number of ether oxygens (including phenoxy) is 1. The Balaban J connectivity index is 1.92. The fourth-order valence-corrected chi connectivity index (χ4v) is 2.78. The van der Waals surface area contributed by atoms with E-state index in [1.165, 1.54) is 0 Å². The molecule has 4 rings (SSSR count). The molecule has 0 fully saturated rings. The fraction of sp³-hybridized carbons (Fsp3) is 0.158. The molecule has 3 aromatic rings. The van der Waals surface area contributed by atoms with Gasteiger partial charge in [0.05, 0.1) is 24.6 Å². The van der Waals surface area contributed by atoms with Gasteiger partial charge < -0.3 is 4.74 Å². The van der Waals surface area contributed by atoms with Crippen molar-refractivity contribution in [2.24, 2.45) is 0 Å². The molecule has 0 saturated heterocycles. The van der Waals surface area contributed by atoms with Crippen LogP contribution in [0.3, 0.4) is 0 Å². The van der Waals surface area contributed by atoms with Gasteiger partial charge in [-0.25, -0.2) is 9.97 Å². The van der Waals surface area contributed by atoms with Gasteiger partial charge in [0.25, 0.3) is 0 Å². The van der Waals surface area contributed by atoms with E-state index in [2.05, 4.69) is 24.3 Å². The van der Waals surface area contributed by atoms with Gasteiger partial charge in [-0.1, -0.05) is 60.7 Å². The minimum absolute atomic E-state index is 0.592. The molecular weight excluding hydrogens is 272 g/mol. The first kappa shape index (κ1) is 13.2. The van der Waals surface area contributed by atoms with Gasteiger partial charge in [-0.3, -0.25) is 0 Å². The molecule has 1 aromatic heterocycles. The van der Waals surface area contributed by atoms with Crippen molar-refractivity contribution in [1.82, 2.24) is 9.97 Å². The summed E-state index contributed by atoms with van der Waals surface area (Å²) in [4.78, 5) is 9.61. The van der Waals surface area contributed by atoms with Crippen LogP contribution in [-0.2, 0) is 17.8 Å². The van der Waals surface area contributed by atoms with Crippen molar-refractivity contribution in [2.45, 2.75) is 13.0 Å². The monoisotopic (exact) mass is 288 g/mol. The maximum Gasteiger partial charge on any atom is 0.160 e. The number of hydrogen-bond acceptors (Lipinski definition) is 3. The maximum atomic E-state index is 5.62. The van der Waals surface area contributed by atoms with Gasteiger partial charge in [-0.2, -0.15) is 0 Å². The SMILES string of the molecule is c1ccc(-c2nc3c(c(-c4ccccc4)n2)COCC3)cc1.